The van der Waals surface area contributed by atoms with E-state index in [4.69, 9.17) is 8.92 Å². The van der Waals surface area contributed by atoms with E-state index in [1.54, 1.807) is 24.3 Å². The predicted molar refractivity (Wildman–Crippen MR) is 103 cm³/mol. The van der Waals surface area contributed by atoms with Gasteiger partial charge in [0, 0.05) is 12.8 Å². The molecule has 0 N–H and O–H groups in total. The van der Waals surface area contributed by atoms with Crippen LogP contribution in [0.5, 0.6) is 0 Å². The molecule has 1 atom stereocenters. The second-order valence-electron chi connectivity index (χ2n) is 7.01. The lowest BCUT2D eigenvalue weighted by Gasteiger charge is -2.34. The molecule has 7 nitrogen and oxygen atoms in total. The highest BCUT2D eigenvalue weighted by molar-refractivity contribution is 7.86. The maximum absolute atomic E-state index is 12.7. The minimum absolute atomic E-state index is 0.00780. The van der Waals surface area contributed by atoms with Crippen molar-refractivity contribution in [2.75, 3.05) is 0 Å². The van der Waals surface area contributed by atoms with Crippen molar-refractivity contribution in [1.29, 1.82) is 0 Å². The molecule has 1 unspecified atom stereocenters. The summed E-state index contributed by atoms with van der Waals surface area (Å²) in [5.74, 6) is -1.09. The van der Waals surface area contributed by atoms with Gasteiger partial charge in [0.2, 0.25) is 5.91 Å². The Morgan fingerprint density at radius 2 is 1.76 bits per heavy atom. The van der Waals surface area contributed by atoms with Crippen molar-refractivity contribution in [3.05, 3.63) is 77.2 Å². The summed E-state index contributed by atoms with van der Waals surface area (Å²) in [7, 11) is -4.13. The van der Waals surface area contributed by atoms with Crippen LogP contribution in [0.25, 0.3) is 0 Å². The number of aryl methyl sites for hydroxylation is 1. The van der Waals surface area contributed by atoms with Crippen LogP contribution >= 0.6 is 0 Å². The zero-order valence-corrected chi connectivity index (χ0v) is 16.5. The van der Waals surface area contributed by atoms with E-state index in [0.29, 0.717) is 0 Å². The number of β-lactam (4-membered cyclic amide) rings is 1. The van der Waals surface area contributed by atoms with Crippen LogP contribution in [0.1, 0.15) is 24.0 Å². The number of amides is 1. The molecular weight excluding hydrogens is 394 g/mol. The quantitative estimate of drug-likeness (QED) is 0.411. The first-order valence-corrected chi connectivity index (χ1v) is 10.5. The molecule has 2 aliphatic heterocycles. The Kier molecular flexibility index (Phi) is 4.87. The number of rotatable bonds is 6. The van der Waals surface area contributed by atoms with Crippen LogP contribution in [0.15, 0.2) is 70.9 Å². The fraction of sp³-hybridized carbons (Fsp3) is 0.238. The molecule has 0 radical (unpaired) electrons. The Hall–Kier alpha value is -3.13. The first-order chi connectivity index (χ1) is 13.8. The summed E-state index contributed by atoms with van der Waals surface area (Å²) in [5, 5.41) is 0. The number of carbonyl (C=O) groups excluding carboxylic acids is 2. The summed E-state index contributed by atoms with van der Waals surface area (Å²) in [6, 6.07) is 15.0. The topological polar surface area (TPSA) is 90.0 Å². The van der Waals surface area contributed by atoms with E-state index < -0.39 is 16.1 Å². The first-order valence-electron chi connectivity index (χ1n) is 9.12. The molecule has 2 heterocycles. The molecule has 0 spiro atoms. The number of carbonyl (C=O) groups is 2. The molecule has 1 amide bonds. The summed E-state index contributed by atoms with van der Waals surface area (Å²) in [5.41, 5.74) is 1.56. The van der Waals surface area contributed by atoms with E-state index in [9.17, 15) is 18.0 Å². The number of hydrogen-bond donors (Lipinski definition) is 0. The van der Waals surface area contributed by atoms with Gasteiger partial charge >= 0.3 is 16.1 Å². The summed E-state index contributed by atoms with van der Waals surface area (Å²) < 4.78 is 35.9. The number of esters is 1. The molecule has 0 bridgehead atoms. The summed E-state index contributed by atoms with van der Waals surface area (Å²) in [6.45, 7) is 1.85. The maximum atomic E-state index is 12.7. The highest BCUT2D eigenvalue weighted by Crippen LogP contribution is 2.40. The molecule has 1 fully saturated rings. The van der Waals surface area contributed by atoms with Crippen LogP contribution in [-0.2, 0) is 35.2 Å². The highest BCUT2D eigenvalue weighted by Gasteiger charge is 2.50. The SMILES string of the molecule is Cc1ccc(S(=O)(=O)OC2=C(C(=O)OCc3ccccc3)N3C(=O)CC3C2)cc1. The van der Waals surface area contributed by atoms with Gasteiger partial charge in [-0.05, 0) is 24.6 Å². The van der Waals surface area contributed by atoms with Crippen molar-refractivity contribution in [3.8, 4) is 0 Å². The third-order valence-corrected chi connectivity index (χ3v) is 6.17. The fourth-order valence-corrected chi connectivity index (χ4v) is 4.34. The first kappa shape index (κ1) is 19.2. The molecule has 0 aliphatic carbocycles. The lowest BCUT2D eigenvalue weighted by molar-refractivity contribution is -0.151. The average molecular weight is 413 g/mol. The summed E-state index contributed by atoms with van der Waals surface area (Å²) in [6.07, 6.45) is 0.402. The van der Waals surface area contributed by atoms with Crippen LogP contribution in [-0.4, -0.2) is 31.2 Å². The second kappa shape index (κ2) is 7.36. The number of nitrogens with zero attached hydrogens (tertiary/aromatic N) is 1. The van der Waals surface area contributed by atoms with Gasteiger partial charge in [0.05, 0.1) is 6.04 Å². The Labute approximate surface area is 168 Å². The molecule has 1 saturated heterocycles. The smallest absolute Gasteiger partial charge is 0.358 e. The zero-order valence-electron chi connectivity index (χ0n) is 15.7. The normalized spacial score (nSPS) is 18.3. The van der Waals surface area contributed by atoms with Crippen molar-refractivity contribution < 1.29 is 26.9 Å². The number of hydrogen-bond acceptors (Lipinski definition) is 6. The van der Waals surface area contributed by atoms with Crippen LogP contribution in [0.4, 0.5) is 0 Å². The van der Waals surface area contributed by atoms with Gasteiger partial charge in [-0.1, -0.05) is 48.0 Å². The van der Waals surface area contributed by atoms with Gasteiger partial charge in [-0.25, -0.2) is 4.79 Å². The monoisotopic (exact) mass is 413 g/mol. The molecule has 8 heteroatoms. The van der Waals surface area contributed by atoms with Gasteiger partial charge in [-0.3, -0.25) is 9.69 Å². The van der Waals surface area contributed by atoms with Gasteiger partial charge in [0.1, 0.15) is 11.5 Å². The molecule has 2 aliphatic rings. The number of fused-ring (bicyclic) bond motifs is 1. The Morgan fingerprint density at radius 3 is 2.41 bits per heavy atom. The predicted octanol–water partition coefficient (Wildman–Crippen LogP) is 2.66. The van der Waals surface area contributed by atoms with Crippen molar-refractivity contribution in [1.82, 2.24) is 4.90 Å². The van der Waals surface area contributed by atoms with E-state index in [0.717, 1.165) is 11.1 Å². The minimum Gasteiger partial charge on any atom is -0.456 e. The maximum Gasteiger partial charge on any atom is 0.358 e. The van der Waals surface area contributed by atoms with Crippen molar-refractivity contribution >= 4 is 22.0 Å². The van der Waals surface area contributed by atoms with Crippen LogP contribution in [0.3, 0.4) is 0 Å². The van der Waals surface area contributed by atoms with Gasteiger partial charge in [0.15, 0.2) is 11.5 Å². The van der Waals surface area contributed by atoms with Crippen molar-refractivity contribution in [2.24, 2.45) is 0 Å². The van der Waals surface area contributed by atoms with E-state index >= 15 is 0 Å². The average Bonchev–Trinajstić information content (AvgIpc) is 2.98. The fourth-order valence-electron chi connectivity index (χ4n) is 3.36. The lowest BCUT2D eigenvalue weighted by Crippen LogP contribution is -2.49. The minimum atomic E-state index is -4.13. The summed E-state index contributed by atoms with van der Waals surface area (Å²) in [4.78, 5) is 25.9. The van der Waals surface area contributed by atoms with Gasteiger partial charge in [0.25, 0.3) is 0 Å². The third-order valence-electron chi connectivity index (χ3n) is 4.90. The van der Waals surface area contributed by atoms with Crippen LogP contribution in [0.2, 0.25) is 0 Å². The van der Waals surface area contributed by atoms with Crippen LogP contribution < -0.4 is 0 Å². The molecule has 0 aromatic heterocycles. The summed E-state index contributed by atoms with van der Waals surface area (Å²) >= 11 is 0. The van der Waals surface area contributed by atoms with Crippen molar-refractivity contribution in [3.63, 3.8) is 0 Å². The van der Waals surface area contributed by atoms with E-state index in [1.807, 2.05) is 25.1 Å². The highest BCUT2D eigenvalue weighted by atomic mass is 32.2. The molecular formula is C21H19NO6S. The third kappa shape index (κ3) is 3.75. The number of ether oxygens (including phenoxy) is 1. The largest absolute Gasteiger partial charge is 0.456 e. The molecule has 2 aromatic carbocycles. The van der Waals surface area contributed by atoms with E-state index in [2.05, 4.69) is 0 Å². The van der Waals surface area contributed by atoms with Gasteiger partial charge in [-0.15, -0.1) is 0 Å². The van der Waals surface area contributed by atoms with E-state index in [1.165, 1.54) is 17.0 Å². The zero-order chi connectivity index (χ0) is 20.6. The molecule has 4 rings (SSSR count). The molecule has 29 heavy (non-hydrogen) atoms. The van der Waals surface area contributed by atoms with E-state index in [-0.39, 0.29) is 47.7 Å². The second-order valence-corrected chi connectivity index (χ2v) is 8.56. The number of benzene rings is 2. The Bertz CT molecular complexity index is 1090. The molecule has 2 aromatic rings. The Balaban J connectivity index is 1.58. The molecule has 0 saturated carbocycles. The lowest BCUT2D eigenvalue weighted by atomic mass is 10.0. The van der Waals surface area contributed by atoms with Crippen molar-refractivity contribution in [2.45, 2.75) is 37.3 Å². The standard InChI is InChI=1S/C21H19NO6S/c1-14-7-9-17(10-8-14)29(25,26)28-18-11-16-12-19(23)22(16)20(18)21(24)27-13-15-5-3-2-4-6-15/h2-10,16H,11-13H2,1H3. The molecule has 150 valence electrons. The Morgan fingerprint density at radius 1 is 1.07 bits per heavy atom. The van der Waals surface area contributed by atoms with Gasteiger partial charge < -0.3 is 8.92 Å². The van der Waals surface area contributed by atoms with Crippen LogP contribution in [0, 0.1) is 6.92 Å². The van der Waals surface area contributed by atoms with Gasteiger partial charge in [-0.2, -0.15) is 8.42 Å².